The van der Waals surface area contributed by atoms with Gasteiger partial charge in [0, 0.05) is 26.3 Å². The van der Waals surface area contributed by atoms with Gasteiger partial charge in [-0.15, -0.1) is 24.0 Å². The molecule has 2 N–H and O–H groups in total. The number of nitrogens with one attached hydrogen (secondary N) is 2. The number of carbonyl (C=O) groups is 1. The van der Waals surface area contributed by atoms with Crippen molar-refractivity contribution < 1.29 is 9.53 Å². The van der Waals surface area contributed by atoms with Crippen LogP contribution in [-0.2, 0) is 24.9 Å². The highest BCUT2D eigenvalue weighted by molar-refractivity contribution is 14.0. The van der Waals surface area contributed by atoms with Crippen LogP contribution in [0.15, 0.2) is 35.3 Å². The molecule has 0 unspecified atom stereocenters. The first-order valence-electron chi connectivity index (χ1n) is 7.57. The summed E-state index contributed by atoms with van der Waals surface area (Å²) in [6.07, 6.45) is 0. The molecular weight excluding hydrogens is 490 g/mol. The molecule has 0 saturated carbocycles. The number of aliphatic imine (C=N–C) groups is 1. The molecule has 0 aliphatic heterocycles. The summed E-state index contributed by atoms with van der Waals surface area (Å²) in [5.41, 5.74) is 2.48. The normalized spacial score (nSPS) is 10.9. The monoisotopic (exact) mass is 510 g/mol. The van der Waals surface area contributed by atoms with E-state index < -0.39 is 0 Å². The maximum Gasteiger partial charge on any atom is 0.337 e. The summed E-state index contributed by atoms with van der Waals surface area (Å²) in [4.78, 5) is 15.6. The topological polar surface area (TPSA) is 67.7 Å². The highest BCUT2D eigenvalue weighted by Gasteiger charge is 2.09. The van der Waals surface area contributed by atoms with E-state index >= 15 is 0 Å². The van der Waals surface area contributed by atoms with Gasteiger partial charge in [0.1, 0.15) is 5.15 Å². The fourth-order valence-corrected chi connectivity index (χ4v) is 2.63. The summed E-state index contributed by atoms with van der Waals surface area (Å²) < 4.78 is 6.50. The minimum atomic E-state index is -0.350. The molecule has 1 aromatic carbocycles. The number of halogens is 3. The van der Waals surface area contributed by atoms with Crippen LogP contribution in [0.2, 0.25) is 10.2 Å². The number of nitrogens with zero attached hydrogens (tertiary/aromatic N) is 2. The van der Waals surface area contributed by atoms with Gasteiger partial charge >= 0.3 is 5.97 Å². The average molecular weight is 511 g/mol. The molecule has 0 aliphatic rings. The minimum absolute atomic E-state index is 0. The molecule has 1 heterocycles. The van der Waals surface area contributed by atoms with Crippen LogP contribution in [-0.4, -0.2) is 30.7 Å². The van der Waals surface area contributed by atoms with Crippen LogP contribution < -0.4 is 10.6 Å². The lowest BCUT2D eigenvalue weighted by Gasteiger charge is -2.12. The Labute approximate surface area is 179 Å². The number of ether oxygens (including phenoxy) is 1. The average Bonchev–Trinajstić information content (AvgIpc) is 2.88. The number of hydrogen-bond acceptors (Lipinski definition) is 3. The second kappa shape index (κ2) is 10.6. The van der Waals surface area contributed by atoms with Crippen molar-refractivity contribution in [2.75, 3.05) is 14.2 Å². The molecule has 0 atom stereocenters. The molecule has 0 radical (unpaired) electrons. The summed E-state index contributed by atoms with van der Waals surface area (Å²) in [5.74, 6) is 0.294. The van der Waals surface area contributed by atoms with Gasteiger partial charge < -0.3 is 19.9 Å². The molecule has 0 spiro atoms. The zero-order valence-electron chi connectivity index (χ0n) is 14.7. The maximum absolute atomic E-state index is 11.4. The molecule has 0 saturated heterocycles. The van der Waals surface area contributed by atoms with E-state index in [-0.39, 0.29) is 29.9 Å². The van der Waals surface area contributed by atoms with Crippen LogP contribution in [0.3, 0.4) is 0 Å². The largest absolute Gasteiger partial charge is 0.465 e. The minimum Gasteiger partial charge on any atom is -0.465 e. The van der Waals surface area contributed by atoms with E-state index in [1.54, 1.807) is 19.2 Å². The lowest BCUT2D eigenvalue weighted by Crippen LogP contribution is -2.36. The Bertz CT molecular complexity index is 776. The molecular formula is C17H21Cl2IN4O2. The van der Waals surface area contributed by atoms with Crippen LogP contribution in [0.4, 0.5) is 0 Å². The third-order valence-electron chi connectivity index (χ3n) is 3.71. The predicted molar refractivity (Wildman–Crippen MR) is 116 cm³/mol. The quantitative estimate of drug-likeness (QED) is 0.279. The van der Waals surface area contributed by atoms with E-state index in [1.165, 1.54) is 7.11 Å². The number of rotatable bonds is 5. The van der Waals surface area contributed by atoms with Crippen molar-refractivity contribution in [3.63, 3.8) is 0 Å². The molecule has 142 valence electrons. The highest BCUT2D eigenvalue weighted by atomic mass is 127. The third-order valence-corrected chi connectivity index (χ3v) is 4.55. The van der Waals surface area contributed by atoms with Crippen LogP contribution in [0, 0.1) is 0 Å². The van der Waals surface area contributed by atoms with Gasteiger partial charge in [-0.2, -0.15) is 0 Å². The predicted octanol–water partition coefficient (Wildman–Crippen LogP) is 3.60. The number of guanidine groups is 1. The zero-order chi connectivity index (χ0) is 18.4. The fourth-order valence-electron chi connectivity index (χ4n) is 2.22. The Morgan fingerprint density at radius 1 is 1.19 bits per heavy atom. The molecule has 0 amide bonds. The van der Waals surface area contributed by atoms with Crippen LogP contribution in [0.5, 0.6) is 0 Å². The molecule has 0 bridgehead atoms. The molecule has 6 nitrogen and oxygen atoms in total. The summed E-state index contributed by atoms with van der Waals surface area (Å²) in [5, 5.41) is 7.44. The Morgan fingerprint density at radius 3 is 2.31 bits per heavy atom. The first kappa shape index (κ1) is 22.6. The molecule has 1 aromatic heterocycles. The Hall–Kier alpha value is -1.45. The van der Waals surface area contributed by atoms with E-state index in [4.69, 9.17) is 23.2 Å². The van der Waals surface area contributed by atoms with Gasteiger partial charge in [0.15, 0.2) is 5.96 Å². The Kier molecular flexibility index (Phi) is 9.24. The second-order valence-electron chi connectivity index (χ2n) is 5.30. The maximum atomic E-state index is 11.4. The van der Waals surface area contributed by atoms with Crippen LogP contribution >= 0.6 is 47.2 Å². The SMILES string of the molecule is CN=C(NCc1ccc(C(=O)OC)cc1)NCc1cc(Cl)c(Cl)n1C.I. The van der Waals surface area contributed by atoms with Crippen molar-refractivity contribution in [3.05, 3.63) is 57.3 Å². The summed E-state index contributed by atoms with van der Waals surface area (Å²) in [6, 6.07) is 9.00. The lowest BCUT2D eigenvalue weighted by molar-refractivity contribution is 0.0600. The van der Waals surface area contributed by atoms with E-state index in [1.807, 2.05) is 29.8 Å². The smallest absolute Gasteiger partial charge is 0.337 e. The van der Waals surface area contributed by atoms with Crippen molar-refractivity contribution in [1.82, 2.24) is 15.2 Å². The van der Waals surface area contributed by atoms with Gasteiger partial charge in [-0.1, -0.05) is 35.3 Å². The van der Waals surface area contributed by atoms with Gasteiger partial charge in [-0.3, -0.25) is 4.99 Å². The molecule has 2 rings (SSSR count). The van der Waals surface area contributed by atoms with E-state index in [2.05, 4.69) is 20.4 Å². The Morgan fingerprint density at radius 2 is 1.81 bits per heavy atom. The number of methoxy groups -OCH3 is 1. The first-order valence-corrected chi connectivity index (χ1v) is 8.33. The number of esters is 1. The van der Waals surface area contributed by atoms with Crippen molar-refractivity contribution in [1.29, 1.82) is 0 Å². The zero-order valence-corrected chi connectivity index (χ0v) is 18.5. The number of carbonyl (C=O) groups excluding carboxylic acids is 1. The van der Waals surface area contributed by atoms with Gasteiger partial charge in [-0.05, 0) is 23.8 Å². The van der Waals surface area contributed by atoms with Crippen molar-refractivity contribution >= 4 is 59.1 Å². The van der Waals surface area contributed by atoms with Crippen molar-refractivity contribution in [2.24, 2.45) is 12.0 Å². The van der Waals surface area contributed by atoms with Gasteiger partial charge in [0.25, 0.3) is 0 Å². The Balaban J connectivity index is 0.00000338. The first-order chi connectivity index (χ1) is 12.0. The molecule has 26 heavy (non-hydrogen) atoms. The molecule has 0 fully saturated rings. The summed E-state index contributed by atoms with van der Waals surface area (Å²) in [6.45, 7) is 1.10. The van der Waals surface area contributed by atoms with E-state index in [0.717, 1.165) is 11.3 Å². The van der Waals surface area contributed by atoms with Gasteiger partial charge in [0.05, 0.1) is 24.2 Å². The molecule has 0 aliphatic carbocycles. The van der Waals surface area contributed by atoms with E-state index in [0.29, 0.717) is 34.8 Å². The van der Waals surface area contributed by atoms with Crippen molar-refractivity contribution in [2.45, 2.75) is 13.1 Å². The fraction of sp³-hybridized carbons (Fsp3) is 0.294. The second-order valence-corrected chi connectivity index (χ2v) is 6.07. The molecule has 2 aromatic rings. The van der Waals surface area contributed by atoms with E-state index in [9.17, 15) is 4.79 Å². The van der Waals surface area contributed by atoms with Gasteiger partial charge in [0.2, 0.25) is 0 Å². The summed E-state index contributed by atoms with van der Waals surface area (Å²) >= 11 is 12.1. The number of aromatic nitrogens is 1. The van der Waals surface area contributed by atoms with Crippen molar-refractivity contribution in [3.8, 4) is 0 Å². The van der Waals surface area contributed by atoms with Gasteiger partial charge in [-0.25, -0.2) is 4.79 Å². The summed E-state index contributed by atoms with van der Waals surface area (Å²) in [7, 11) is 4.91. The van der Waals surface area contributed by atoms with Crippen LogP contribution in [0.1, 0.15) is 21.6 Å². The third kappa shape index (κ3) is 5.78. The lowest BCUT2D eigenvalue weighted by atomic mass is 10.1. The number of benzene rings is 1. The number of hydrogen-bond donors (Lipinski definition) is 2. The molecule has 9 heteroatoms. The standard InChI is InChI=1S/C17H20Cl2N4O2.HI/c1-20-17(22-10-13-8-14(18)15(19)23(13)2)21-9-11-4-6-12(7-5-11)16(24)25-3;/h4-8H,9-10H2,1-3H3,(H2,20,21,22);1H. The van der Waals surface area contributed by atoms with Crippen LogP contribution in [0.25, 0.3) is 0 Å². The highest BCUT2D eigenvalue weighted by Crippen LogP contribution is 2.24.